The lowest BCUT2D eigenvalue weighted by Crippen LogP contribution is -2.24. The summed E-state index contributed by atoms with van der Waals surface area (Å²) in [5, 5.41) is 11.0. The number of nitrogens with one attached hydrogen (secondary N) is 1. The zero-order chi connectivity index (χ0) is 21.6. The quantitative estimate of drug-likeness (QED) is 0.585. The molecule has 6 nitrogen and oxygen atoms in total. The predicted molar refractivity (Wildman–Crippen MR) is 110 cm³/mol. The highest BCUT2D eigenvalue weighted by molar-refractivity contribution is 6.01. The van der Waals surface area contributed by atoms with Crippen LogP contribution in [0.5, 0.6) is 0 Å². The van der Waals surface area contributed by atoms with E-state index in [0.717, 1.165) is 5.56 Å². The number of nitrogens with zero attached hydrogens (tertiary/aromatic N) is 1. The van der Waals surface area contributed by atoms with Crippen molar-refractivity contribution >= 4 is 23.3 Å². The summed E-state index contributed by atoms with van der Waals surface area (Å²) in [5.41, 5.74) is 2.30. The Morgan fingerprint density at radius 3 is 2.07 bits per heavy atom. The maximum atomic E-state index is 12.6. The van der Waals surface area contributed by atoms with Crippen LogP contribution >= 0.6 is 0 Å². The molecule has 2 aromatic carbocycles. The number of rotatable bonds is 6. The number of carbonyl (C=O) groups is 3. The second-order valence-electron chi connectivity index (χ2n) is 7.70. The lowest BCUT2D eigenvalue weighted by molar-refractivity contribution is -0.115. The number of hydrogen-bond acceptors (Lipinski definition) is 5. The second-order valence-corrected chi connectivity index (χ2v) is 7.70. The Hall–Kier alpha value is -3.46. The topological polar surface area (TPSA) is 96.3 Å². The summed E-state index contributed by atoms with van der Waals surface area (Å²) < 4.78 is 5.29. The van der Waals surface area contributed by atoms with Gasteiger partial charge in [0.05, 0.1) is 11.6 Å². The SMILES string of the molecule is CC(OC(=O)c1ccc(NC(=O)CC#N)cc1)C(=O)c1ccc(C(C)(C)C)cc1. The highest BCUT2D eigenvalue weighted by Gasteiger charge is 2.21. The number of nitriles is 1. The van der Waals surface area contributed by atoms with Gasteiger partial charge in [-0.15, -0.1) is 0 Å². The van der Waals surface area contributed by atoms with Crippen LogP contribution < -0.4 is 5.32 Å². The maximum absolute atomic E-state index is 12.6. The van der Waals surface area contributed by atoms with Gasteiger partial charge in [-0.1, -0.05) is 45.0 Å². The third-order valence-electron chi connectivity index (χ3n) is 4.33. The Morgan fingerprint density at radius 2 is 1.55 bits per heavy atom. The fourth-order valence-corrected chi connectivity index (χ4v) is 2.62. The second kappa shape index (κ2) is 9.16. The van der Waals surface area contributed by atoms with Crippen molar-refractivity contribution in [1.82, 2.24) is 0 Å². The Balaban J connectivity index is 2.00. The van der Waals surface area contributed by atoms with Gasteiger partial charge in [-0.2, -0.15) is 5.26 Å². The minimum Gasteiger partial charge on any atom is -0.451 e. The van der Waals surface area contributed by atoms with E-state index < -0.39 is 18.0 Å². The lowest BCUT2D eigenvalue weighted by Gasteiger charge is -2.19. The number of Topliss-reactive ketones (excluding diaryl/α,β-unsaturated/α-hetero) is 1. The van der Waals surface area contributed by atoms with Crippen molar-refractivity contribution in [2.24, 2.45) is 0 Å². The molecule has 0 heterocycles. The minimum atomic E-state index is -0.932. The van der Waals surface area contributed by atoms with E-state index in [2.05, 4.69) is 26.1 Å². The van der Waals surface area contributed by atoms with Crippen molar-refractivity contribution in [2.45, 2.75) is 45.6 Å². The average molecular weight is 392 g/mol. The molecule has 150 valence electrons. The molecule has 2 aromatic rings. The predicted octanol–water partition coefficient (Wildman–Crippen LogP) is 4.26. The summed E-state index contributed by atoms with van der Waals surface area (Å²) in [7, 11) is 0. The van der Waals surface area contributed by atoms with Gasteiger partial charge in [-0.25, -0.2) is 4.79 Å². The number of benzene rings is 2. The number of ether oxygens (including phenoxy) is 1. The molecule has 0 fully saturated rings. The van der Waals surface area contributed by atoms with E-state index in [1.165, 1.54) is 31.2 Å². The Labute approximate surface area is 170 Å². The van der Waals surface area contributed by atoms with Crippen LogP contribution in [0.25, 0.3) is 0 Å². The van der Waals surface area contributed by atoms with E-state index in [9.17, 15) is 14.4 Å². The van der Waals surface area contributed by atoms with Crippen LogP contribution in [0.3, 0.4) is 0 Å². The van der Waals surface area contributed by atoms with Crippen molar-refractivity contribution in [1.29, 1.82) is 5.26 Å². The van der Waals surface area contributed by atoms with Crippen molar-refractivity contribution in [3.63, 3.8) is 0 Å². The molecular formula is C23H24N2O4. The van der Waals surface area contributed by atoms with E-state index >= 15 is 0 Å². The minimum absolute atomic E-state index is 0.0140. The summed E-state index contributed by atoms with van der Waals surface area (Å²) in [5.74, 6) is -1.34. The highest BCUT2D eigenvalue weighted by atomic mass is 16.5. The summed E-state index contributed by atoms with van der Waals surface area (Å²) in [4.78, 5) is 36.3. The van der Waals surface area contributed by atoms with E-state index in [-0.39, 0.29) is 23.2 Å². The van der Waals surface area contributed by atoms with E-state index in [4.69, 9.17) is 10.00 Å². The number of esters is 1. The zero-order valence-electron chi connectivity index (χ0n) is 17.0. The van der Waals surface area contributed by atoms with Gasteiger partial charge in [0.15, 0.2) is 6.10 Å². The molecule has 0 saturated heterocycles. The molecule has 0 saturated carbocycles. The van der Waals surface area contributed by atoms with Gasteiger partial charge in [0.25, 0.3) is 0 Å². The Morgan fingerprint density at radius 1 is 1.00 bits per heavy atom. The molecule has 29 heavy (non-hydrogen) atoms. The van der Waals surface area contributed by atoms with Gasteiger partial charge >= 0.3 is 5.97 Å². The maximum Gasteiger partial charge on any atom is 0.338 e. The van der Waals surface area contributed by atoms with Crippen LogP contribution in [0, 0.1) is 11.3 Å². The smallest absolute Gasteiger partial charge is 0.338 e. The Bertz CT molecular complexity index is 933. The van der Waals surface area contributed by atoms with Crippen LogP contribution in [-0.2, 0) is 14.9 Å². The molecule has 1 amide bonds. The summed E-state index contributed by atoms with van der Waals surface area (Å²) in [6, 6.07) is 15.1. The van der Waals surface area contributed by atoms with Crippen molar-refractivity contribution in [3.8, 4) is 6.07 Å². The van der Waals surface area contributed by atoms with E-state index in [0.29, 0.717) is 11.3 Å². The van der Waals surface area contributed by atoms with Gasteiger partial charge in [-0.05, 0) is 42.2 Å². The molecule has 6 heteroatoms. The third-order valence-corrected chi connectivity index (χ3v) is 4.33. The number of hydrogen-bond donors (Lipinski definition) is 1. The molecular weight excluding hydrogens is 368 g/mol. The fraction of sp³-hybridized carbons (Fsp3) is 0.304. The molecule has 0 aromatic heterocycles. The zero-order valence-corrected chi connectivity index (χ0v) is 17.0. The largest absolute Gasteiger partial charge is 0.451 e. The van der Waals surface area contributed by atoms with Crippen LogP contribution in [0.2, 0.25) is 0 Å². The van der Waals surface area contributed by atoms with Crippen molar-refractivity contribution in [2.75, 3.05) is 5.32 Å². The first-order chi connectivity index (χ1) is 13.6. The number of amides is 1. The van der Waals surface area contributed by atoms with Crippen LogP contribution in [0.4, 0.5) is 5.69 Å². The molecule has 0 bridgehead atoms. The van der Waals surface area contributed by atoms with Gasteiger partial charge in [0.2, 0.25) is 11.7 Å². The molecule has 2 rings (SSSR count). The number of anilines is 1. The molecule has 1 atom stereocenters. The fourth-order valence-electron chi connectivity index (χ4n) is 2.62. The average Bonchev–Trinajstić information content (AvgIpc) is 2.67. The molecule has 0 aliphatic rings. The first-order valence-electron chi connectivity index (χ1n) is 9.24. The molecule has 1 N–H and O–H groups in total. The van der Waals surface area contributed by atoms with Gasteiger partial charge in [0.1, 0.15) is 6.42 Å². The monoisotopic (exact) mass is 392 g/mol. The van der Waals surface area contributed by atoms with Crippen molar-refractivity contribution in [3.05, 3.63) is 65.2 Å². The normalized spacial score (nSPS) is 11.8. The molecule has 0 radical (unpaired) electrons. The van der Waals surface area contributed by atoms with E-state index in [1.54, 1.807) is 18.2 Å². The molecule has 0 aliphatic heterocycles. The standard InChI is InChI=1S/C23H24N2O4/c1-15(21(27)16-5-9-18(10-6-16)23(2,3)4)29-22(28)17-7-11-19(12-8-17)25-20(26)13-14-24/h5-12,15H,13H2,1-4H3,(H,25,26). The highest BCUT2D eigenvalue weighted by Crippen LogP contribution is 2.23. The van der Waals surface area contributed by atoms with Crippen molar-refractivity contribution < 1.29 is 19.1 Å². The first-order valence-corrected chi connectivity index (χ1v) is 9.24. The van der Waals surface area contributed by atoms with E-state index in [1.807, 2.05) is 12.1 Å². The van der Waals surface area contributed by atoms with Gasteiger partial charge in [0, 0.05) is 11.3 Å². The molecule has 0 spiro atoms. The van der Waals surface area contributed by atoms with Gasteiger partial charge in [-0.3, -0.25) is 9.59 Å². The van der Waals surface area contributed by atoms with Crippen LogP contribution in [0.1, 0.15) is 60.4 Å². The molecule has 1 unspecified atom stereocenters. The number of carbonyl (C=O) groups excluding carboxylic acids is 3. The summed E-state index contributed by atoms with van der Waals surface area (Å²) in [6.45, 7) is 7.81. The lowest BCUT2D eigenvalue weighted by atomic mass is 9.86. The molecule has 0 aliphatic carbocycles. The van der Waals surface area contributed by atoms with Gasteiger partial charge < -0.3 is 10.1 Å². The summed E-state index contributed by atoms with van der Waals surface area (Å²) >= 11 is 0. The number of ketones is 1. The third kappa shape index (κ3) is 6.01. The van der Waals surface area contributed by atoms with Crippen LogP contribution in [0.15, 0.2) is 48.5 Å². The van der Waals surface area contributed by atoms with Crippen LogP contribution in [-0.4, -0.2) is 23.8 Å². The first kappa shape index (κ1) is 21.8. The Kier molecular flexibility index (Phi) is 6.89. The summed E-state index contributed by atoms with van der Waals surface area (Å²) in [6.07, 6.45) is -1.18.